The molecule has 5 heteroatoms. The summed E-state index contributed by atoms with van der Waals surface area (Å²) in [5.41, 5.74) is 1.15. The van der Waals surface area contributed by atoms with Crippen molar-refractivity contribution >= 4 is 11.9 Å². The number of carbonyl (C=O) groups excluding carboxylic acids is 1. The smallest absolute Gasteiger partial charge is 0.308 e. The van der Waals surface area contributed by atoms with Crippen LogP contribution in [0.1, 0.15) is 18.9 Å². The number of carboxylic acid groups (broad SMARTS) is 1. The molecular weight excluding hydrogens is 258 g/mol. The minimum Gasteiger partial charge on any atom is -0.493 e. The van der Waals surface area contributed by atoms with E-state index in [0.717, 1.165) is 11.3 Å². The van der Waals surface area contributed by atoms with Gasteiger partial charge in [0.1, 0.15) is 5.75 Å². The molecule has 0 spiro atoms. The summed E-state index contributed by atoms with van der Waals surface area (Å²) in [6, 6.07) is 7.60. The number of aliphatic carboxylic acids is 1. The molecule has 0 aliphatic carbocycles. The molecule has 0 fully saturated rings. The van der Waals surface area contributed by atoms with Crippen LogP contribution in [0.5, 0.6) is 5.75 Å². The van der Waals surface area contributed by atoms with Crippen molar-refractivity contribution in [3.05, 3.63) is 29.8 Å². The second kappa shape index (κ2) is 7.53. The van der Waals surface area contributed by atoms with E-state index in [1.165, 1.54) is 4.90 Å². The maximum atomic E-state index is 11.8. The van der Waals surface area contributed by atoms with Gasteiger partial charge in [-0.15, -0.1) is 0 Å². The molecule has 1 unspecified atom stereocenters. The molecule has 0 radical (unpaired) electrons. The fraction of sp³-hybridized carbons (Fsp3) is 0.467. The fourth-order valence-electron chi connectivity index (χ4n) is 1.67. The zero-order valence-electron chi connectivity index (χ0n) is 12.1. The van der Waals surface area contributed by atoms with E-state index < -0.39 is 11.9 Å². The van der Waals surface area contributed by atoms with Crippen LogP contribution in [0.15, 0.2) is 24.3 Å². The van der Waals surface area contributed by atoms with Crippen molar-refractivity contribution in [2.45, 2.75) is 20.3 Å². The van der Waals surface area contributed by atoms with Gasteiger partial charge in [-0.1, -0.05) is 24.6 Å². The molecule has 1 rings (SSSR count). The first-order valence-corrected chi connectivity index (χ1v) is 6.56. The molecular formula is C15H21NO4. The minimum absolute atomic E-state index is 0.120. The number of amides is 1. The molecule has 0 aliphatic rings. The molecule has 1 aromatic carbocycles. The third-order valence-corrected chi connectivity index (χ3v) is 3.00. The molecule has 5 nitrogen and oxygen atoms in total. The first kappa shape index (κ1) is 16.0. The van der Waals surface area contributed by atoms with Crippen molar-refractivity contribution in [1.82, 2.24) is 4.90 Å². The van der Waals surface area contributed by atoms with Crippen molar-refractivity contribution in [3.8, 4) is 5.75 Å². The molecule has 20 heavy (non-hydrogen) atoms. The summed E-state index contributed by atoms with van der Waals surface area (Å²) in [7, 11) is 1.60. The SMILES string of the molecule is Cc1ccc(OCCC(=O)N(C)CC(C)C(=O)O)cc1. The number of ether oxygens (including phenoxy) is 1. The van der Waals surface area contributed by atoms with E-state index in [-0.39, 0.29) is 25.5 Å². The number of benzene rings is 1. The van der Waals surface area contributed by atoms with E-state index in [9.17, 15) is 9.59 Å². The lowest BCUT2D eigenvalue weighted by atomic mass is 10.2. The van der Waals surface area contributed by atoms with Gasteiger partial charge in [0.25, 0.3) is 0 Å². The van der Waals surface area contributed by atoms with Crippen LogP contribution < -0.4 is 4.74 Å². The number of carbonyl (C=O) groups is 2. The lowest BCUT2D eigenvalue weighted by Crippen LogP contribution is -2.34. The Hall–Kier alpha value is -2.04. The topological polar surface area (TPSA) is 66.8 Å². The molecule has 0 aliphatic heterocycles. The predicted molar refractivity (Wildman–Crippen MR) is 75.7 cm³/mol. The van der Waals surface area contributed by atoms with Crippen LogP contribution >= 0.6 is 0 Å². The summed E-state index contributed by atoms with van der Waals surface area (Å²) in [6.45, 7) is 4.06. The zero-order chi connectivity index (χ0) is 15.1. The van der Waals surface area contributed by atoms with Crippen LogP contribution in [0.2, 0.25) is 0 Å². The van der Waals surface area contributed by atoms with Crippen LogP contribution in [0, 0.1) is 12.8 Å². The van der Waals surface area contributed by atoms with E-state index in [4.69, 9.17) is 9.84 Å². The Morgan fingerprint density at radius 1 is 1.30 bits per heavy atom. The second-order valence-electron chi connectivity index (χ2n) is 4.93. The number of nitrogens with zero attached hydrogens (tertiary/aromatic N) is 1. The van der Waals surface area contributed by atoms with Gasteiger partial charge in [-0.2, -0.15) is 0 Å². The molecule has 110 valence electrons. The van der Waals surface area contributed by atoms with Crippen LogP contribution in [-0.4, -0.2) is 42.1 Å². The first-order valence-electron chi connectivity index (χ1n) is 6.56. The Morgan fingerprint density at radius 3 is 2.45 bits per heavy atom. The quantitative estimate of drug-likeness (QED) is 0.828. The highest BCUT2D eigenvalue weighted by molar-refractivity contribution is 5.77. The number of hydrogen-bond acceptors (Lipinski definition) is 3. The summed E-state index contributed by atoms with van der Waals surface area (Å²) in [5, 5.41) is 8.80. The Kier molecular flexibility index (Phi) is 6.03. The van der Waals surface area contributed by atoms with Crippen molar-refractivity contribution < 1.29 is 19.4 Å². The van der Waals surface area contributed by atoms with Crippen molar-refractivity contribution in [1.29, 1.82) is 0 Å². The summed E-state index contributed by atoms with van der Waals surface area (Å²) >= 11 is 0. The molecule has 0 bridgehead atoms. The molecule has 0 aromatic heterocycles. The molecule has 0 saturated heterocycles. The monoisotopic (exact) mass is 279 g/mol. The van der Waals surface area contributed by atoms with E-state index in [0.29, 0.717) is 0 Å². The number of hydrogen-bond donors (Lipinski definition) is 1. The molecule has 0 heterocycles. The normalized spacial score (nSPS) is 11.8. The predicted octanol–water partition coefficient (Wildman–Crippen LogP) is 1.94. The fourth-order valence-corrected chi connectivity index (χ4v) is 1.67. The lowest BCUT2D eigenvalue weighted by molar-refractivity contribution is -0.142. The van der Waals surface area contributed by atoms with E-state index in [1.54, 1.807) is 14.0 Å². The average Bonchev–Trinajstić information content (AvgIpc) is 2.40. The minimum atomic E-state index is -0.902. The summed E-state index contributed by atoms with van der Waals surface area (Å²) in [4.78, 5) is 23.9. The molecule has 1 N–H and O–H groups in total. The lowest BCUT2D eigenvalue weighted by Gasteiger charge is -2.19. The number of rotatable bonds is 7. The van der Waals surface area contributed by atoms with Gasteiger partial charge in [0.2, 0.25) is 5.91 Å². The van der Waals surface area contributed by atoms with Gasteiger partial charge in [0.15, 0.2) is 0 Å². The Balaban J connectivity index is 2.32. The van der Waals surface area contributed by atoms with E-state index in [2.05, 4.69) is 0 Å². The van der Waals surface area contributed by atoms with Crippen LogP contribution in [0.4, 0.5) is 0 Å². The van der Waals surface area contributed by atoms with E-state index in [1.807, 2.05) is 31.2 Å². The summed E-state index contributed by atoms with van der Waals surface area (Å²) in [6.07, 6.45) is 0.233. The summed E-state index contributed by atoms with van der Waals surface area (Å²) in [5.74, 6) is -0.863. The van der Waals surface area contributed by atoms with Crippen LogP contribution in [0.3, 0.4) is 0 Å². The summed E-state index contributed by atoms with van der Waals surface area (Å²) < 4.78 is 5.47. The van der Waals surface area contributed by atoms with Gasteiger partial charge in [-0.25, -0.2) is 0 Å². The molecule has 0 saturated carbocycles. The van der Waals surface area contributed by atoms with Gasteiger partial charge >= 0.3 is 5.97 Å². The van der Waals surface area contributed by atoms with Crippen molar-refractivity contribution in [2.24, 2.45) is 5.92 Å². The maximum Gasteiger partial charge on any atom is 0.308 e. The van der Waals surface area contributed by atoms with Gasteiger partial charge in [-0.3, -0.25) is 9.59 Å². The Labute approximate surface area is 119 Å². The van der Waals surface area contributed by atoms with Crippen LogP contribution in [-0.2, 0) is 9.59 Å². The highest BCUT2D eigenvalue weighted by atomic mass is 16.5. The zero-order valence-corrected chi connectivity index (χ0v) is 12.1. The number of aryl methyl sites for hydroxylation is 1. The Morgan fingerprint density at radius 2 is 1.90 bits per heavy atom. The molecule has 1 atom stereocenters. The maximum absolute atomic E-state index is 11.8. The Bertz CT molecular complexity index is 455. The van der Waals surface area contributed by atoms with Gasteiger partial charge < -0.3 is 14.7 Å². The third kappa shape index (κ3) is 5.30. The standard InChI is InChI=1S/C15H21NO4/c1-11-4-6-13(7-5-11)20-9-8-14(17)16(3)10-12(2)15(18)19/h4-7,12H,8-10H2,1-3H3,(H,18,19). The van der Waals surface area contributed by atoms with Gasteiger partial charge in [0.05, 0.1) is 18.9 Å². The highest BCUT2D eigenvalue weighted by Crippen LogP contribution is 2.11. The molecule has 1 amide bonds. The average molecular weight is 279 g/mol. The van der Waals surface area contributed by atoms with Crippen molar-refractivity contribution in [3.63, 3.8) is 0 Å². The second-order valence-corrected chi connectivity index (χ2v) is 4.93. The van der Waals surface area contributed by atoms with Crippen molar-refractivity contribution in [2.75, 3.05) is 20.2 Å². The van der Waals surface area contributed by atoms with Crippen LogP contribution in [0.25, 0.3) is 0 Å². The largest absolute Gasteiger partial charge is 0.493 e. The highest BCUT2D eigenvalue weighted by Gasteiger charge is 2.17. The van der Waals surface area contributed by atoms with Gasteiger partial charge in [-0.05, 0) is 19.1 Å². The first-order chi connectivity index (χ1) is 9.40. The van der Waals surface area contributed by atoms with Gasteiger partial charge in [0, 0.05) is 13.6 Å². The molecule has 1 aromatic rings. The number of carboxylic acids is 1. The third-order valence-electron chi connectivity index (χ3n) is 3.00. The van der Waals surface area contributed by atoms with E-state index >= 15 is 0 Å².